The molecule has 2 atom stereocenters. The Morgan fingerprint density at radius 1 is 1.45 bits per heavy atom. The van der Waals surface area contributed by atoms with Crippen LogP contribution in [0.15, 0.2) is 30.3 Å². The number of nitrogens with two attached hydrogens (primary N) is 1. The van der Waals surface area contributed by atoms with E-state index in [0.29, 0.717) is 6.04 Å². The molecule has 0 aliphatic carbocycles. The monoisotopic (exact) mass is 275 g/mol. The number of hydrogen-bond acceptors (Lipinski definition) is 3. The predicted octanol–water partition coefficient (Wildman–Crippen LogP) is 1.46. The summed E-state index contributed by atoms with van der Waals surface area (Å²) in [6.45, 7) is 4.44. The molecule has 0 spiro atoms. The standard InChI is InChI=1S/C16H25N3O/c1-13(17)16(20)19-10-6-9-15(19)12-18(2)11-14-7-4-3-5-8-14/h3-5,7-8,13,15H,6,9-12,17H2,1-2H3/t13?,15-/m0/s1. The van der Waals surface area contributed by atoms with Crippen LogP contribution in [-0.4, -0.2) is 47.9 Å². The summed E-state index contributed by atoms with van der Waals surface area (Å²) in [6.07, 6.45) is 2.17. The third-order valence-corrected chi connectivity index (χ3v) is 3.87. The molecule has 1 aromatic rings. The van der Waals surface area contributed by atoms with Crippen LogP contribution in [-0.2, 0) is 11.3 Å². The van der Waals surface area contributed by atoms with Crippen molar-refractivity contribution in [3.8, 4) is 0 Å². The molecule has 0 aromatic heterocycles. The summed E-state index contributed by atoms with van der Waals surface area (Å²) in [5.41, 5.74) is 7.03. The average molecular weight is 275 g/mol. The number of nitrogens with zero attached hydrogens (tertiary/aromatic N) is 2. The topological polar surface area (TPSA) is 49.6 Å². The Morgan fingerprint density at radius 2 is 2.15 bits per heavy atom. The van der Waals surface area contributed by atoms with Gasteiger partial charge in [-0.25, -0.2) is 0 Å². The highest BCUT2D eigenvalue weighted by Crippen LogP contribution is 2.19. The largest absolute Gasteiger partial charge is 0.337 e. The first-order valence-electron chi connectivity index (χ1n) is 7.36. The quantitative estimate of drug-likeness (QED) is 0.885. The molecule has 1 aliphatic heterocycles. The van der Waals surface area contributed by atoms with E-state index in [1.807, 2.05) is 11.0 Å². The molecule has 20 heavy (non-hydrogen) atoms. The second-order valence-electron chi connectivity index (χ2n) is 5.80. The first-order chi connectivity index (χ1) is 9.58. The molecule has 1 unspecified atom stereocenters. The minimum Gasteiger partial charge on any atom is -0.337 e. The Labute approximate surface area is 121 Å². The zero-order chi connectivity index (χ0) is 14.5. The lowest BCUT2D eigenvalue weighted by molar-refractivity contribution is -0.133. The molecule has 0 radical (unpaired) electrons. The van der Waals surface area contributed by atoms with Crippen LogP contribution in [0.3, 0.4) is 0 Å². The van der Waals surface area contributed by atoms with Crippen LogP contribution < -0.4 is 5.73 Å². The van der Waals surface area contributed by atoms with Crippen LogP contribution in [0.4, 0.5) is 0 Å². The SMILES string of the molecule is CC(N)C(=O)N1CCC[C@H]1CN(C)Cc1ccccc1. The van der Waals surface area contributed by atoms with Gasteiger partial charge in [-0.1, -0.05) is 30.3 Å². The Balaban J connectivity index is 1.90. The van der Waals surface area contributed by atoms with Crippen LogP contribution in [0.5, 0.6) is 0 Å². The molecule has 0 saturated carbocycles. The summed E-state index contributed by atoms with van der Waals surface area (Å²) in [6, 6.07) is 10.3. The molecule has 4 nitrogen and oxygen atoms in total. The second-order valence-corrected chi connectivity index (χ2v) is 5.80. The summed E-state index contributed by atoms with van der Waals surface area (Å²) in [4.78, 5) is 16.3. The summed E-state index contributed by atoms with van der Waals surface area (Å²) in [7, 11) is 2.11. The lowest BCUT2D eigenvalue weighted by Gasteiger charge is -2.30. The van der Waals surface area contributed by atoms with Crippen molar-refractivity contribution in [1.29, 1.82) is 0 Å². The fourth-order valence-electron chi connectivity index (χ4n) is 2.90. The van der Waals surface area contributed by atoms with E-state index < -0.39 is 6.04 Å². The van der Waals surface area contributed by atoms with Gasteiger partial charge >= 0.3 is 0 Å². The number of likely N-dealkylation sites (tertiary alicyclic amines) is 1. The Morgan fingerprint density at radius 3 is 2.80 bits per heavy atom. The van der Waals surface area contributed by atoms with Gasteiger partial charge in [-0.3, -0.25) is 4.79 Å². The fourth-order valence-corrected chi connectivity index (χ4v) is 2.90. The van der Waals surface area contributed by atoms with Gasteiger partial charge in [-0.2, -0.15) is 0 Å². The number of rotatable bonds is 5. The van der Waals surface area contributed by atoms with Crippen LogP contribution in [0.2, 0.25) is 0 Å². The van der Waals surface area contributed by atoms with Gasteiger partial charge in [0.1, 0.15) is 0 Å². The molecule has 1 fully saturated rings. The maximum absolute atomic E-state index is 12.1. The fraction of sp³-hybridized carbons (Fsp3) is 0.562. The van der Waals surface area contributed by atoms with E-state index in [1.54, 1.807) is 6.92 Å². The van der Waals surface area contributed by atoms with Gasteiger partial charge in [0, 0.05) is 25.7 Å². The molecule has 4 heteroatoms. The summed E-state index contributed by atoms with van der Waals surface area (Å²) in [5, 5.41) is 0. The normalized spacial score (nSPS) is 20.4. The number of carbonyl (C=O) groups excluding carboxylic acids is 1. The van der Waals surface area contributed by atoms with E-state index in [1.165, 1.54) is 5.56 Å². The first-order valence-corrected chi connectivity index (χ1v) is 7.36. The first kappa shape index (κ1) is 15.0. The van der Waals surface area contributed by atoms with Crippen molar-refractivity contribution in [1.82, 2.24) is 9.80 Å². The van der Waals surface area contributed by atoms with Gasteiger partial charge in [0.25, 0.3) is 0 Å². The van der Waals surface area contributed by atoms with Gasteiger partial charge < -0.3 is 15.5 Å². The molecular weight excluding hydrogens is 250 g/mol. The van der Waals surface area contributed by atoms with Crippen LogP contribution in [0, 0.1) is 0 Å². The molecule has 1 aromatic carbocycles. The van der Waals surface area contributed by atoms with Crippen LogP contribution >= 0.6 is 0 Å². The van der Waals surface area contributed by atoms with Crippen molar-refractivity contribution >= 4 is 5.91 Å². The zero-order valence-corrected chi connectivity index (χ0v) is 12.5. The number of amides is 1. The minimum absolute atomic E-state index is 0.0839. The lowest BCUT2D eigenvalue weighted by atomic mass is 10.1. The highest BCUT2D eigenvalue weighted by Gasteiger charge is 2.30. The number of likely N-dealkylation sites (N-methyl/N-ethyl adjacent to an activating group) is 1. The van der Waals surface area contributed by atoms with E-state index in [0.717, 1.165) is 32.5 Å². The molecule has 1 heterocycles. The molecule has 110 valence electrons. The van der Waals surface area contributed by atoms with Crippen molar-refractivity contribution in [3.05, 3.63) is 35.9 Å². The molecule has 2 rings (SSSR count). The van der Waals surface area contributed by atoms with Crippen LogP contribution in [0.25, 0.3) is 0 Å². The summed E-state index contributed by atoms with van der Waals surface area (Å²) >= 11 is 0. The molecule has 1 amide bonds. The third kappa shape index (κ3) is 3.81. The van der Waals surface area contributed by atoms with Gasteiger partial charge in [-0.15, -0.1) is 0 Å². The van der Waals surface area contributed by atoms with E-state index in [-0.39, 0.29) is 5.91 Å². The van der Waals surface area contributed by atoms with Gasteiger partial charge in [0.15, 0.2) is 0 Å². The van der Waals surface area contributed by atoms with E-state index >= 15 is 0 Å². The van der Waals surface area contributed by atoms with Gasteiger partial charge in [-0.05, 0) is 32.4 Å². The maximum atomic E-state index is 12.1. The maximum Gasteiger partial charge on any atom is 0.239 e. The minimum atomic E-state index is -0.393. The van der Waals surface area contributed by atoms with Crippen molar-refractivity contribution in [2.24, 2.45) is 5.73 Å². The molecule has 0 bridgehead atoms. The van der Waals surface area contributed by atoms with Crippen molar-refractivity contribution in [2.45, 2.75) is 38.4 Å². The van der Waals surface area contributed by atoms with E-state index in [4.69, 9.17) is 5.73 Å². The average Bonchev–Trinajstić information content (AvgIpc) is 2.86. The zero-order valence-electron chi connectivity index (χ0n) is 12.5. The van der Waals surface area contributed by atoms with Gasteiger partial charge in [0.05, 0.1) is 6.04 Å². The number of carbonyl (C=O) groups is 1. The predicted molar refractivity (Wildman–Crippen MR) is 81.2 cm³/mol. The Hall–Kier alpha value is -1.39. The summed E-state index contributed by atoms with van der Waals surface area (Å²) < 4.78 is 0. The molecule has 2 N–H and O–H groups in total. The molecule has 1 saturated heterocycles. The molecular formula is C16H25N3O. The Kier molecular flexibility index (Phi) is 5.15. The lowest BCUT2D eigenvalue weighted by Crippen LogP contribution is -2.47. The second kappa shape index (κ2) is 6.86. The highest BCUT2D eigenvalue weighted by molar-refractivity contribution is 5.81. The highest BCUT2D eigenvalue weighted by atomic mass is 16.2. The van der Waals surface area contributed by atoms with Crippen LogP contribution in [0.1, 0.15) is 25.3 Å². The van der Waals surface area contributed by atoms with Crippen molar-refractivity contribution < 1.29 is 4.79 Å². The smallest absolute Gasteiger partial charge is 0.239 e. The third-order valence-electron chi connectivity index (χ3n) is 3.87. The molecule has 1 aliphatic rings. The van der Waals surface area contributed by atoms with E-state index in [2.05, 4.69) is 36.2 Å². The number of hydrogen-bond donors (Lipinski definition) is 1. The Bertz CT molecular complexity index is 433. The summed E-state index contributed by atoms with van der Waals surface area (Å²) in [5.74, 6) is 0.0839. The van der Waals surface area contributed by atoms with E-state index in [9.17, 15) is 4.79 Å². The van der Waals surface area contributed by atoms with Crippen molar-refractivity contribution in [2.75, 3.05) is 20.1 Å². The van der Waals surface area contributed by atoms with Gasteiger partial charge in [0.2, 0.25) is 5.91 Å². The van der Waals surface area contributed by atoms with Crippen molar-refractivity contribution in [3.63, 3.8) is 0 Å². The number of benzene rings is 1.